The van der Waals surface area contributed by atoms with Crippen LogP contribution in [-0.2, 0) is 0 Å². The average molecular weight is 298 g/mol. The van der Waals surface area contributed by atoms with Crippen LogP contribution in [0.25, 0.3) is 0 Å². The molecule has 0 atom stereocenters. The molecule has 0 bridgehead atoms. The lowest BCUT2D eigenvalue weighted by molar-refractivity contribution is 0.358. The van der Waals surface area contributed by atoms with Gasteiger partial charge in [-0.15, -0.1) is 0 Å². The van der Waals surface area contributed by atoms with Crippen LogP contribution in [0.1, 0.15) is 0 Å². The van der Waals surface area contributed by atoms with Gasteiger partial charge in [0.15, 0.2) is 23.0 Å². The van der Waals surface area contributed by atoms with Crippen molar-refractivity contribution >= 4 is 27.5 Å². The van der Waals surface area contributed by atoms with Crippen LogP contribution < -0.4 is 9.47 Å². The third-order valence-corrected chi connectivity index (χ3v) is 3.13. The Balaban J connectivity index is 2.13. The molecule has 2 aromatic rings. The van der Waals surface area contributed by atoms with Crippen molar-refractivity contribution in [1.29, 1.82) is 0 Å². The predicted molar refractivity (Wildman–Crippen MR) is 65.7 cm³/mol. The van der Waals surface area contributed by atoms with Gasteiger partial charge in [-0.05, 0) is 40.2 Å². The number of para-hydroxylation sites is 1. The first kappa shape index (κ1) is 10.00. The summed E-state index contributed by atoms with van der Waals surface area (Å²) in [7, 11) is 0. The van der Waals surface area contributed by atoms with Crippen LogP contribution >= 0.6 is 27.5 Å². The number of ether oxygens (including phenoxy) is 2. The fraction of sp³-hybridized carbons (Fsp3) is 0. The molecule has 3 rings (SSSR count). The van der Waals surface area contributed by atoms with Gasteiger partial charge in [0.05, 0.1) is 4.47 Å². The third kappa shape index (κ3) is 1.56. The van der Waals surface area contributed by atoms with E-state index < -0.39 is 0 Å². The molecule has 4 heteroatoms. The van der Waals surface area contributed by atoms with Gasteiger partial charge in [0, 0.05) is 11.1 Å². The molecule has 0 unspecified atom stereocenters. The number of rotatable bonds is 0. The van der Waals surface area contributed by atoms with E-state index in [4.69, 9.17) is 21.1 Å². The van der Waals surface area contributed by atoms with E-state index in [0.29, 0.717) is 28.0 Å². The van der Waals surface area contributed by atoms with Gasteiger partial charge in [-0.1, -0.05) is 17.7 Å². The van der Waals surface area contributed by atoms with Crippen LogP contribution in [0, 0.1) is 0 Å². The molecule has 0 saturated heterocycles. The first-order valence-electron chi connectivity index (χ1n) is 4.68. The SMILES string of the molecule is Clc1ccc2c(c1)Oc1cccc(Br)c1O2. The molecule has 2 aromatic carbocycles. The molecule has 16 heavy (non-hydrogen) atoms. The van der Waals surface area contributed by atoms with E-state index in [1.54, 1.807) is 18.2 Å². The maximum absolute atomic E-state index is 5.89. The van der Waals surface area contributed by atoms with E-state index in [-0.39, 0.29) is 0 Å². The molecule has 80 valence electrons. The van der Waals surface area contributed by atoms with Gasteiger partial charge in [0.25, 0.3) is 0 Å². The van der Waals surface area contributed by atoms with Crippen molar-refractivity contribution in [2.24, 2.45) is 0 Å². The molecule has 1 aliphatic rings. The minimum absolute atomic E-state index is 0.626. The fourth-order valence-electron chi connectivity index (χ4n) is 1.54. The summed E-state index contributed by atoms with van der Waals surface area (Å²) >= 11 is 9.31. The summed E-state index contributed by atoms with van der Waals surface area (Å²) in [5, 5.41) is 0.626. The molecule has 0 fully saturated rings. The summed E-state index contributed by atoms with van der Waals surface area (Å²) in [5.74, 6) is 2.68. The highest BCUT2D eigenvalue weighted by Gasteiger charge is 2.20. The summed E-state index contributed by atoms with van der Waals surface area (Å²) in [5.41, 5.74) is 0. The van der Waals surface area contributed by atoms with Crippen LogP contribution in [0.4, 0.5) is 0 Å². The Morgan fingerprint density at radius 1 is 0.938 bits per heavy atom. The Labute approximate surface area is 106 Å². The molecule has 0 aromatic heterocycles. The summed E-state index contributed by atoms with van der Waals surface area (Å²) in [4.78, 5) is 0. The molecule has 0 radical (unpaired) electrons. The normalized spacial score (nSPS) is 12.1. The molecule has 0 aliphatic carbocycles. The summed E-state index contributed by atoms with van der Waals surface area (Å²) in [6, 6.07) is 10.9. The summed E-state index contributed by atoms with van der Waals surface area (Å²) in [6.45, 7) is 0. The van der Waals surface area contributed by atoms with Crippen molar-refractivity contribution in [1.82, 2.24) is 0 Å². The predicted octanol–water partition coefficient (Wildman–Crippen LogP) is 5.00. The van der Waals surface area contributed by atoms with Crippen LogP contribution in [-0.4, -0.2) is 0 Å². The quantitative estimate of drug-likeness (QED) is 0.581. The number of fused-ring (bicyclic) bond motifs is 2. The smallest absolute Gasteiger partial charge is 0.184 e. The van der Waals surface area contributed by atoms with Crippen LogP contribution in [0.15, 0.2) is 40.9 Å². The maximum atomic E-state index is 5.89. The van der Waals surface area contributed by atoms with Gasteiger partial charge in [0.1, 0.15) is 0 Å². The van der Waals surface area contributed by atoms with E-state index in [2.05, 4.69) is 15.9 Å². The van der Waals surface area contributed by atoms with Gasteiger partial charge < -0.3 is 9.47 Å². The minimum atomic E-state index is 0.626. The number of hydrogen-bond acceptors (Lipinski definition) is 2. The number of benzene rings is 2. The first-order chi connectivity index (χ1) is 7.74. The van der Waals surface area contributed by atoms with Gasteiger partial charge in [-0.25, -0.2) is 0 Å². The maximum Gasteiger partial charge on any atom is 0.184 e. The standard InChI is InChI=1S/C12H6BrClO2/c13-8-2-1-3-10-12(8)16-9-5-4-7(14)6-11(9)15-10/h1-6H. The highest BCUT2D eigenvalue weighted by Crippen LogP contribution is 2.48. The Morgan fingerprint density at radius 3 is 2.69 bits per heavy atom. The van der Waals surface area contributed by atoms with Crippen molar-refractivity contribution in [3.8, 4) is 23.0 Å². The van der Waals surface area contributed by atoms with E-state index in [1.807, 2.05) is 18.2 Å². The first-order valence-corrected chi connectivity index (χ1v) is 5.85. The van der Waals surface area contributed by atoms with Crippen LogP contribution in [0.2, 0.25) is 5.02 Å². The zero-order valence-corrected chi connectivity index (χ0v) is 10.4. The lowest BCUT2D eigenvalue weighted by Gasteiger charge is -2.21. The van der Waals surface area contributed by atoms with E-state index in [1.165, 1.54) is 0 Å². The molecule has 1 heterocycles. The van der Waals surface area contributed by atoms with Crippen molar-refractivity contribution < 1.29 is 9.47 Å². The molecule has 2 nitrogen and oxygen atoms in total. The summed E-state index contributed by atoms with van der Waals surface area (Å²) < 4.78 is 12.3. The largest absolute Gasteiger partial charge is 0.449 e. The Morgan fingerprint density at radius 2 is 1.81 bits per heavy atom. The van der Waals surface area contributed by atoms with Crippen molar-refractivity contribution in [3.63, 3.8) is 0 Å². The van der Waals surface area contributed by atoms with E-state index in [9.17, 15) is 0 Å². The zero-order valence-electron chi connectivity index (χ0n) is 8.04. The Bertz CT molecular complexity index is 569. The number of hydrogen-bond donors (Lipinski definition) is 0. The Kier molecular flexibility index (Phi) is 2.30. The zero-order chi connectivity index (χ0) is 11.1. The second-order valence-corrected chi connectivity index (χ2v) is 4.65. The molecule has 0 saturated carbocycles. The van der Waals surface area contributed by atoms with E-state index >= 15 is 0 Å². The molecular formula is C12H6BrClO2. The third-order valence-electron chi connectivity index (χ3n) is 2.27. The van der Waals surface area contributed by atoms with Crippen LogP contribution in [0.5, 0.6) is 23.0 Å². The second-order valence-electron chi connectivity index (χ2n) is 3.36. The minimum Gasteiger partial charge on any atom is -0.449 e. The monoisotopic (exact) mass is 296 g/mol. The van der Waals surface area contributed by atoms with Crippen molar-refractivity contribution in [2.75, 3.05) is 0 Å². The molecule has 0 spiro atoms. The Hall–Kier alpha value is -1.19. The van der Waals surface area contributed by atoms with Crippen LogP contribution in [0.3, 0.4) is 0 Å². The highest BCUT2D eigenvalue weighted by molar-refractivity contribution is 9.10. The topological polar surface area (TPSA) is 18.5 Å². The molecule has 0 amide bonds. The fourth-order valence-corrected chi connectivity index (χ4v) is 2.13. The highest BCUT2D eigenvalue weighted by atomic mass is 79.9. The molecule has 0 N–H and O–H groups in total. The van der Waals surface area contributed by atoms with Gasteiger partial charge in [0.2, 0.25) is 0 Å². The molecular weight excluding hydrogens is 291 g/mol. The average Bonchev–Trinajstić information content (AvgIpc) is 2.27. The second kappa shape index (κ2) is 3.68. The van der Waals surface area contributed by atoms with Crippen molar-refractivity contribution in [3.05, 3.63) is 45.9 Å². The molecule has 1 aliphatic heterocycles. The number of halogens is 2. The van der Waals surface area contributed by atoms with Gasteiger partial charge in [-0.2, -0.15) is 0 Å². The van der Waals surface area contributed by atoms with E-state index in [0.717, 1.165) is 4.47 Å². The van der Waals surface area contributed by atoms with Gasteiger partial charge in [-0.3, -0.25) is 0 Å². The van der Waals surface area contributed by atoms with Gasteiger partial charge >= 0.3 is 0 Å². The lowest BCUT2D eigenvalue weighted by atomic mass is 10.2. The van der Waals surface area contributed by atoms with Crippen molar-refractivity contribution in [2.45, 2.75) is 0 Å². The lowest BCUT2D eigenvalue weighted by Crippen LogP contribution is -1.99. The summed E-state index contributed by atoms with van der Waals surface area (Å²) in [6.07, 6.45) is 0.